The number of halogens is 1. The Hall–Kier alpha value is -2.11. The summed E-state index contributed by atoms with van der Waals surface area (Å²) in [5, 5.41) is 10.3. The number of aryl methyl sites for hydroxylation is 1. The first-order chi connectivity index (χ1) is 11.2. The molecule has 0 unspecified atom stereocenters. The molecule has 128 valence electrons. The Bertz CT molecular complexity index is 762. The molecule has 0 amide bonds. The molecule has 0 bridgehead atoms. The first-order valence-electron chi connectivity index (χ1n) is 7.60. The molecule has 6 heteroatoms. The van der Waals surface area contributed by atoms with Gasteiger partial charge < -0.3 is 14.8 Å². The van der Waals surface area contributed by atoms with Gasteiger partial charge in [-0.1, -0.05) is 11.6 Å². The predicted molar refractivity (Wildman–Crippen MR) is 91.6 cm³/mol. The van der Waals surface area contributed by atoms with Crippen molar-refractivity contribution in [2.24, 2.45) is 0 Å². The minimum atomic E-state index is -0.934. The van der Waals surface area contributed by atoms with Gasteiger partial charge >= 0.3 is 5.97 Å². The summed E-state index contributed by atoms with van der Waals surface area (Å²) in [6, 6.07) is 6.39. The van der Waals surface area contributed by atoms with Crippen LogP contribution in [-0.2, 0) is 4.74 Å². The van der Waals surface area contributed by atoms with Crippen molar-refractivity contribution in [2.45, 2.75) is 39.9 Å². The summed E-state index contributed by atoms with van der Waals surface area (Å²) >= 11 is 5.80. The summed E-state index contributed by atoms with van der Waals surface area (Å²) < 4.78 is 5.28. The molecule has 0 radical (unpaired) electrons. The zero-order valence-electron chi connectivity index (χ0n) is 14.0. The van der Waals surface area contributed by atoms with E-state index < -0.39 is 18.2 Å². The molecule has 24 heavy (non-hydrogen) atoms. The Labute approximate surface area is 145 Å². The molecule has 2 aromatic rings. The molecule has 0 aliphatic heterocycles. The van der Waals surface area contributed by atoms with Gasteiger partial charge in [0, 0.05) is 21.8 Å². The third-order valence-electron chi connectivity index (χ3n) is 3.90. The lowest BCUT2D eigenvalue weighted by molar-refractivity contribution is 0.0313. The summed E-state index contributed by atoms with van der Waals surface area (Å²) in [7, 11) is 0. The monoisotopic (exact) mass is 349 g/mol. The number of ether oxygens (including phenoxy) is 1. The van der Waals surface area contributed by atoms with E-state index in [1.807, 2.05) is 0 Å². The van der Waals surface area contributed by atoms with E-state index in [0.717, 1.165) is 0 Å². The average molecular weight is 350 g/mol. The largest absolute Gasteiger partial charge is 0.450 e. The van der Waals surface area contributed by atoms with Crippen LogP contribution in [0.2, 0.25) is 5.02 Å². The van der Waals surface area contributed by atoms with Gasteiger partial charge in [-0.3, -0.25) is 4.79 Å². The molecule has 0 aliphatic rings. The Morgan fingerprint density at radius 3 is 2.25 bits per heavy atom. The van der Waals surface area contributed by atoms with E-state index >= 15 is 0 Å². The van der Waals surface area contributed by atoms with Crippen molar-refractivity contribution in [2.75, 3.05) is 0 Å². The maximum Gasteiger partial charge on any atom is 0.355 e. The molecule has 2 rings (SSSR count). The van der Waals surface area contributed by atoms with Crippen molar-refractivity contribution in [3.8, 4) is 0 Å². The van der Waals surface area contributed by atoms with Crippen molar-refractivity contribution in [1.29, 1.82) is 0 Å². The highest BCUT2D eigenvalue weighted by molar-refractivity contribution is 6.30. The van der Waals surface area contributed by atoms with Crippen LogP contribution in [0, 0.1) is 13.8 Å². The number of ketones is 1. The van der Waals surface area contributed by atoms with Crippen LogP contribution in [-0.4, -0.2) is 27.9 Å². The van der Waals surface area contributed by atoms with Crippen LogP contribution in [0.15, 0.2) is 24.3 Å². The molecular weight excluding hydrogens is 330 g/mol. The topological polar surface area (TPSA) is 79.4 Å². The highest BCUT2D eigenvalue weighted by atomic mass is 35.5. The van der Waals surface area contributed by atoms with Crippen LogP contribution in [0.3, 0.4) is 0 Å². The van der Waals surface area contributed by atoms with Gasteiger partial charge in [0.05, 0.1) is 6.10 Å². The van der Waals surface area contributed by atoms with Gasteiger partial charge in [-0.05, 0) is 57.5 Å². The maximum atomic E-state index is 12.3. The Balaban J connectivity index is 2.16. The van der Waals surface area contributed by atoms with Crippen LogP contribution in [0.25, 0.3) is 0 Å². The second-order valence-electron chi connectivity index (χ2n) is 5.76. The lowest BCUT2D eigenvalue weighted by Crippen LogP contribution is -2.25. The summed E-state index contributed by atoms with van der Waals surface area (Å²) in [4.78, 5) is 27.6. The Kier molecular flexibility index (Phi) is 5.47. The summed E-state index contributed by atoms with van der Waals surface area (Å²) in [6.45, 7) is 6.66. The second-order valence-corrected chi connectivity index (χ2v) is 6.19. The normalized spacial score (nSPS) is 13.4. The first-order valence-corrected chi connectivity index (χ1v) is 7.98. The standard InChI is InChI=1S/C18H20ClNO4/c1-9-15(11(3)21)10(2)20-16(9)18(23)24-12(4)17(22)13-5-7-14(19)8-6-13/h5-8,11-12,20-21H,1-4H3/t11-,12+/m1/s1. The van der Waals surface area contributed by atoms with Crippen molar-refractivity contribution in [3.05, 3.63) is 57.4 Å². The van der Waals surface area contributed by atoms with Gasteiger partial charge in [0.1, 0.15) is 5.69 Å². The quantitative estimate of drug-likeness (QED) is 0.636. The molecule has 0 aliphatic carbocycles. The lowest BCUT2D eigenvalue weighted by atomic mass is 10.1. The third kappa shape index (κ3) is 3.68. The summed E-state index contributed by atoms with van der Waals surface area (Å²) in [6.07, 6.45) is -1.63. The fraction of sp³-hybridized carbons (Fsp3) is 0.333. The zero-order chi connectivity index (χ0) is 18.0. The van der Waals surface area contributed by atoms with Crippen molar-refractivity contribution >= 4 is 23.4 Å². The number of aromatic nitrogens is 1. The number of hydrogen-bond donors (Lipinski definition) is 2. The number of aliphatic hydroxyl groups excluding tert-OH is 1. The molecule has 5 nitrogen and oxygen atoms in total. The minimum Gasteiger partial charge on any atom is -0.450 e. The van der Waals surface area contributed by atoms with Crippen LogP contribution in [0.5, 0.6) is 0 Å². The number of benzene rings is 1. The van der Waals surface area contributed by atoms with Gasteiger partial charge in [0.15, 0.2) is 6.10 Å². The number of rotatable bonds is 5. The Morgan fingerprint density at radius 2 is 1.75 bits per heavy atom. The number of carbonyl (C=O) groups is 2. The highest BCUT2D eigenvalue weighted by Gasteiger charge is 2.25. The first kappa shape index (κ1) is 18.2. The minimum absolute atomic E-state index is 0.249. The number of carbonyl (C=O) groups excluding carboxylic acids is 2. The molecule has 1 aromatic heterocycles. The van der Waals surface area contributed by atoms with Gasteiger partial charge in [-0.15, -0.1) is 0 Å². The summed E-state index contributed by atoms with van der Waals surface area (Å²) in [5.41, 5.74) is 2.66. The van der Waals surface area contributed by atoms with E-state index in [2.05, 4.69) is 4.98 Å². The third-order valence-corrected chi connectivity index (χ3v) is 4.15. The molecule has 2 N–H and O–H groups in total. The smallest absolute Gasteiger partial charge is 0.355 e. The maximum absolute atomic E-state index is 12.3. The second kappa shape index (κ2) is 7.20. The molecular formula is C18H20ClNO4. The molecule has 1 aromatic carbocycles. The number of nitrogens with one attached hydrogen (secondary N) is 1. The van der Waals surface area contributed by atoms with Crippen LogP contribution < -0.4 is 0 Å². The van der Waals surface area contributed by atoms with Gasteiger partial charge in [-0.25, -0.2) is 4.79 Å². The van der Waals surface area contributed by atoms with Crippen molar-refractivity contribution in [1.82, 2.24) is 4.98 Å². The molecule has 0 saturated heterocycles. The fourth-order valence-corrected chi connectivity index (χ4v) is 2.84. The zero-order valence-corrected chi connectivity index (χ0v) is 14.8. The number of Topliss-reactive ketones (excluding diaryl/α,β-unsaturated/α-hetero) is 1. The number of hydrogen-bond acceptors (Lipinski definition) is 4. The van der Waals surface area contributed by atoms with E-state index in [4.69, 9.17) is 16.3 Å². The van der Waals surface area contributed by atoms with Crippen molar-refractivity contribution in [3.63, 3.8) is 0 Å². The molecule has 2 atom stereocenters. The van der Waals surface area contributed by atoms with E-state index in [1.165, 1.54) is 6.92 Å². The van der Waals surface area contributed by atoms with Crippen LogP contribution in [0.1, 0.15) is 57.6 Å². The van der Waals surface area contributed by atoms with Gasteiger partial charge in [0.2, 0.25) is 5.78 Å². The number of aromatic amines is 1. The van der Waals surface area contributed by atoms with Gasteiger partial charge in [0.25, 0.3) is 0 Å². The van der Waals surface area contributed by atoms with E-state index in [0.29, 0.717) is 27.4 Å². The SMILES string of the molecule is Cc1[nH]c(C(=O)O[C@@H](C)C(=O)c2ccc(Cl)cc2)c(C)c1[C@@H](C)O. The number of aliphatic hydroxyl groups is 1. The fourth-order valence-electron chi connectivity index (χ4n) is 2.72. The predicted octanol–water partition coefficient (Wildman–Crippen LogP) is 3.77. The molecule has 0 fully saturated rings. The molecule has 0 saturated carbocycles. The molecule has 0 spiro atoms. The van der Waals surface area contributed by atoms with Crippen molar-refractivity contribution < 1.29 is 19.4 Å². The lowest BCUT2D eigenvalue weighted by Gasteiger charge is -2.12. The van der Waals surface area contributed by atoms with E-state index in [9.17, 15) is 14.7 Å². The number of H-pyrrole nitrogens is 1. The van der Waals surface area contributed by atoms with E-state index in [-0.39, 0.29) is 11.5 Å². The van der Waals surface area contributed by atoms with E-state index in [1.54, 1.807) is 45.0 Å². The Morgan fingerprint density at radius 1 is 1.17 bits per heavy atom. The number of esters is 1. The van der Waals surface area contributed by atoms with Gasteiger partial charge in [-0.2, -0.15) is 0 Å². The summed E-state index contributed by atoms with van der Waals surface area (Å²) in [5.74, 6) is -0.936. The van der Waals surface area contributed by atoms with Crippen LogP contribution in [0.4, 0.5) is 0 Å². The molecule has 1 heterocycles. The average Bonchev–Trinajstić information content (AvgIpc) is 2.82. The highest BCUT2D eigenvalue weighted by Crippen LogP contribution is 2.25. The van der Waals surface area contributed by atoms with Crippen LogP contribution >= 0.6 is 11.6 Å².